The third kappa shape index (κ3) is 5.03. The van der Waals surface area contributed by atoms with Gasteiger partial charge in [-0.1, -0.05) is 43.7 Å². The van der Waals surface area contributed by atoms with Crippen LogP contribution in [0.4, 0.5) is 4.39 Å². The molecule has 5 nitrogen and oxygen atoms in total. The van der Waals surface area contributed by atoms with Crippen LogP contribution in [-0.2, 0) is 14.8 Å². The van der Waals surface area contributed by atoms with Crippen LogP contribution in [0.15, 0.2) is 59.5 Å². The molecule has 2 aromatic carbocycles. The summed E-state index contributed by atoms with van der Waals surface area (Å²) in [5.74, 6) is -0.625. The van der Waals surface area contributed by atoms with Crippen molar-refractivity contribution >= 4 is 15.9 Å². The first kappa shape index (κ1) is 21.5. The second-order valence-corrected chi connectivity index (χ2v) is 9.23. The normalized spacial score (nSPS) is 17.0. The maximum Gasteiger partial charge on any atom is 0.243 e. The minimum atomic E-state index is -3.71. The van der Waals surface area contributed by atoms with E-state index in [1.54, 1.807) is 4.90 Å². The predicted octanol–water partition coefficient (Wildman–Crippen LogP) is 3.63. The summed E-state index contributed by atoms with van der Waals surface area (Å²) in [7, 11) is -3.71. The summed E-state index contributed by atoms with van der Waals surface area (Å²) in [6.45, 7) is 3.52. The minimum Gasteiger partial charge on any atom is -0.341 e. The number of carbonyl (C=O) groups is 1. The second-order valence-electron chi connectivity index (χ2n) is 7.29. The molecule has 1 saturated heterocycles. The maximum atomic E-state index is 13.2. The maximum absolute atomic E-state index is 13.2. The molecule has 3 rings (SSSR count). The van der Waals surface area contributed by atoms with Crippen LogP contribution in [0, 0.1) is 5.82 Å². The van der Waals surface area contributed by atoms with Gasteiger partial charge in [-0.15, -0.1) is 0 Å². The van der Waals surface area contributed by atoms with Crippen LogP contribution in [0.25, 0.3) is 0 Å². The summed E-state index contributed by atoms with van der Waals surface area (Å²) in [5.41, 5.74) is 0.999. The Kier molecular flexibility index (Phi) is 7.03. The average molecular weight is 419 g/mol. The number of amides is 1. The lowest BCUT2D eigenvalue weighted by molar-refractivity contribution is -0.132. The zero-order valence-electron chi connectivity index (χ0n) is 16.6. The smallest absolute Gasteiger partial charge is 0.243 e. The first-order valence-electron chi connectivity index (χ1n) is 10.0. The summed E-state index contributed by atoms with van der Waals surface area (Å²) >= 11 is 0. The average Bonchev–Trinajstić information content (AvgIpc) is 2.99. The highest BCUT2D eigenvalue weighted by atomic mass is 32.2. The molecular formula is C22H27FN2O3S. The third-order valence-electron chi connectivity index (χ3n) is 5.30. The molecule has 0 aromatic heterocycles. The van der Waals surface area contributed by atoms with E-state index in [9.17, 15) is 17.6 Å². The molecule has 1 amide bonds. The minimum absolute atomic E-state index is 0.0547. The zero-order chi connectivity index (χ0) is 20.9. The van der Waals surface area contributed by atoms with Gasteiger partial charge in [0.2, 0.25) is 15.9 Å². The van der Waals surface area contributed by atoms with Crippen molar-refractivity contribution in [2.75, 3.05) is 26.2 Å². The topological polar surface area (TPSA) is 57.7 Å². The summed E-state index contributed by atoms with van der Waals surface area (Å²) in [6, 6.07) is 14.6. The molecule has 0 aliphatic carbocycles. The fourth-order valence-electron chi connectivity index (χ4n) is 3.74. The fraction of sp³-hybridized carbons (Fsp3) is 0.409. The van der Waals surface area contributed by atoms with Crippen LogP contribution in [-0.4, -0.2) is 49.7 Å². The first-order chi connectivity index (χ1) is 13.9. The number of hydrogen-bond donors (Lipinski definition) is 0. The zero-order valence-corrected chi connectivity index (χ0v) is 17.4. The van der Waals surface area contributed by atoms with Gasteiger partial charge in [0.05, 0.1) is 10.8 Å². The lowest BCUT2D eigenvalue weighted by Gasteiger charge is -2.26. The molecule has 1 unspecified atom stereocenters. The SMILES string of the molecule is CCCC(C(=O)N1CCCN(S(=O)(=O)c2ccc(F)cc2)CC1)c1ccccc1. The van der Waals surface area contributed by atoms with Gasteiger partial charge in [0.15, 0.2) is 0 Å². The van der Waals surface area contributed by atoms with Crippen molar-refractivity contribution in [1.29, 1.82) is 0 Å². The Morgan fingerprint density at radius 2 is 1.69 bits per heavy atom. The molecule has 0 radical (unpaired) electrons. The summed E-state index contributed by atoms with van der Waals surface area (Å²) in [5, 5.41) is 0. The second kappa shape index (κ2) is 9.50. The van der Waals surface area contributed by atoms with E-state index in [-0.39, 0.29) is 23.3 Å². The highest BCUT2D eigenvalue weighted by Crippen LogP contribution is 2.25. The Morgan fingerprint density at radius 1 is 1.00 bits per heavy atom. The van der Waals surface area contributed by atoms with E-state index in [4.69, 9.17) is 0 Å². The molecule has 1 aliphatic heterocycles. The Bertz CT molecular complexity index is 917. The lowest BCUT2D eigenvalue weighted by atomic mass is 9.93. The largest absolute Gasteiger partial charge is 0.341 e. The van der Waals surface area contributed by atoms with Crippen LogP contribution >= 0.6 is 0 Å². The van der Waals surface area contributed by atoms with Crippen molar-refractivity contribution in [3.8, 4) is 0 Å². The Balaban J connectivity index is 1.73. The molecule has 0 spiro atoms. The van der Waals surface area contributed by atoms with Gasteiger partial charge >= 0.3 is 0 Å². The van der Waals surface area contributed by atoms with Crippen molar-refractivity contribution in [3.63, 3.8) is 0 Å². The summed E-state index contributed by atoms with van der Waals surface area (Å²) in [6.07, 6.45) is 2.22. The van der Waals surface area contributed by atoms with Crippen LogP contribution in [0.1, 0.15) is 37.7 Å². The van der Waals surface area contributed by atoms with Crippen molar-refractivity contribution in [2.24, 2.45) is 0 Å². The highest BCUT2D eigenvalue weighted by molar-refractivity contribution is 7.89. The van der Waals surface area contributed by atoms with Crippen LogP contribution in [0.2, 0.25) is 0 Å². The van der Waals surface area contributed by atoms with E-state index in [2.05, 4.69) is 6.92 Å². The van der Waals surface area contributed by atoms with Gasteiger partial charge in [0.1, 0.15) is 5.82 Å². The van der Waals surface area contributed by atoms with Crippen LogP contribution in [0.3, 0.4) is 0 Å². The molecule has 0 N–H and O–H groups in total. The summed E-state index contributed by atoms with van der Waals surface area (Å²) < 4.78 is 40.3. The van der Waals surface area contributed by atoms with Gasteiger partial charge in [-0.3, -0.25) is 4.79 Å². The molecule has 1 atom stereocenters. The van der Waals surface area contributed by atoms with Crippen molar-refractivity contribution in [3.05, 3.63) is 66.0 Å². The van der Waals surface area contributed by atoms with E-state index in [0.717, 1.165) is 30.5 Å². The predicted molar refractivity (Wildman–Crippen MR) is 110 cm³/mol. The lowest BCUT2D eigenvalue weighted by Crippen LogP contribution is -2.39. The van der Waals surface area contributed by atoms with Crippen molar-refractivity contribution in [1.82, 2.24) is 9.21 Å². The standard InChI is InChI=1S/C22H27FN2O3S/c1-2-7-21(18-8-4-3-5-9-18)22(26)24-14-6-15-25(17-16-24)29(27,28)20-12-10-19(23)11-13-20/h3-5,8-13,21H,2,6-7,14-17H2,1H3. The number of halogens is 1. The number of rotatable bonds is 6. The van der Waals surface area contributed by atoms with E-state index < -0.39 is 15.8 Å². The van der Waals surface area contributed by atoms with Gasteiger partial charge in [-0.05, 0) is 42.7 Å². The molecule has 0 saturated carbocycles. The van der Waals surface area contributed by atoms with Gasteiger partial charge < -0.3 is 4.90 Å². The third-order valence-corrected chi connectivity index (χ3v) is 7.21. The molecule has 156 valence electrons. The molecule has 1 fully saturated rings. The van der Waals surface area contributed by atoms with Gasteiger partial charge in [-0.25, -0.2) is 12.8 Å². The quantitative estimate of drug-likeness (QED) is 0.720. The molecule has 0 bridgehead atoms. The Labute approximate surface area is 172 Å². The number of sulfonamides is 1. The first-order valence-corrected chi connectivity index (χ1v) is 11.5. The molecule has 2 aromatic rings. The van der Waals surface area contributed by atoms with Gasteiger partial charge in [0, 0.05) is 26.2 Å². The van der Waals surface area contributed by atoms with Crippen molar-refractivity contribution in [2.45, 2.75) is 37.0 Å². The van der Waals surface area contributed by atoms with Crippen LogP contribution in [0.5, 0.6) is 0 Å². The molecule has 1 heterocycles. The number of benzene rings is 2. The van der Waals surface area contributed by atoms with Gasteiger partial charge in [0.25, 0.3) is 0 Å². The molecular weight excluding hydrogens is 391 g/mol. The molecule has 1 aliphatic rings. The van der Waals surface area contributed by atoms with E-state index in [0.29, 0.717) is 26.1 Å². The van der Waals surface area contributed by atoms with Crippen molar-refractivity contribution < 1.29 is 17.6 Å². The Hall–Kier alpha value is -2.25. The Morgan fingerprint density at radius 3 is 2.34 bits per heavy atom. The van der Waals surface area contributed by atoms with Crippen LogP contribution < -0.4 is 0 Å². The molecule has 7 heteroatoms. The summed E-state index contributed by atoms with van der Waals surface area (Å²) in [4.78, 5) is 15.1. The number of hydrogen-bond acceptors (Lipinski definition) is 3. The fourth-order valence-corrected chi connectivity index (χ4v) is 5.21. The number of carbonyl (C=O) groups excluding carboxylic acids is 1. The molecule has 29 heavy (non-hydrogen) atoms. The van der Waals surface area contributed by atoms with E-state index in [1.165, 1.54) is 16.4 Å². The van der Waals surface area contributed by atoms with Gasteiger partial charge in [-0.2, -0.15) is 4.31 Å². The highest BCUT2D eigenvalue weighted by Gasteiger charge is 2.31. The number of nitrogens with zero attached hydrogens (tertiary/aromatic N) is 2. The van der Waals surface area contributed by atoms with E-state index >= 15 is 0 Å². The monoisotopic (exact) mass is 418 g/mol. The van der Waals surface area contributed by atoms with E-state index in [1.807, 2.05) is 30.3 Å².